The molecule has 0 amide bonds. The minimum atomic E-state index is -0.545. The molecule has 0 bridgehead atoms. The van der Waals surface area contributed by atoms with Crippen molar-refractivity contribution in [3.05, 3.63) is 50.0 Å². The van der Waals surface area contributed by atoms with Crippen LogP contribution in [0.4, 0.5) is 0 Å². The fourth-order valence-electron chi connectivity index (χ4n) is 2.53. The lowest BCUT2D eigenvalue weighted by atomic mass is 10.2. The molecule has 8 nitrogen and oxygen atoms in total. The van der Waals surface area contributed by atoms with E-state index in [1.807, 2.05) is 6.92 Å². The van der Waals surface area contributed by atoms with Gasteiger partial charge in [0.25, 0.3) is 5.56 Å². The molecule has 0 saturated heterocycles. The molecule has 0 aliphatic heterocycles. The second-order valence-corrected chi connectivity index (χ2v) is 6.39. The molecule has 27 heavy (non-hydrogen) atoms. The van der Waals surface area contributed by atoms with Gasteiger partial charge in [0.05, 0.1) is 22.7 Å². The summed E-state index contributed by atoms with van der Waals surface area (Å²) in [5.41, 5.74) is 0.426. The van der Waals surface area contributed by atoms with Gasteiger partial charge in [0.15, 0.2) is 11.3 Å². The highest BCUT2D eigenvalue weighted by molar-refractivity contribution is 6.36. The minimum absolute atomic E-state index is 0.0253. The smallest absolute Gasteiger partial charge is 0.359 e. The lowest BCUT2D eigenvalue weighted by molar-refractivity contribution is 0.0517. The van der Waals surface area contributed by atoms with Crippen LogP contribution in [0.5, 0.6) is 11.8 Å². The van der Waals surface area contributed by atoms with E-state index < -0.39 is 11.5 Å². The number of esters is 1. The summed E-state index contributed by atoms with van der Waals surface area (Å²) in [6, 6.07) is 2.69. The summed E-state index contributed by atoms with van der Waals surface area (Å²) >= 11 is 12.1. The van der Waals surface area contributed by atoms with Crippen molar-refractivity contribution in [2.24, 2.45) is 0 Å². The van der Waals surface area contributed by atoms with E-state index in [4.69, 9.17) is 32.7 Å². The standard InChI is InChI=1S/C17H16Cl2N4O4/c1-4-23-16(9(3)14(21-23)17(25)26-5-2)27-12-7-13(24)22-8-10(18)6-11(19)15(22)20-12/h6-8H,4-5H2,1-3H3. The van der Waals surface area contributed by atoms with Crippen LogP contribution in [0.3, 0.4) is 0 Å². The first kappa shape index (κ1) is 19.2. The van der Waals surface area contributed by atoms with E-state index >= 15 is 0 Å². The zero-order valence-electron chi connectivity index (χ0n) is 14.8. The molecular weight excluding hydrogens is 395 g/mol. The number of ether oxygens (including phenoxy) is 2. The fraction of sp³-hybridized carbons (Fsp3) is 0.294. The predicted molar refractivity (Wildman–Crippen MR) is 100 cm³/mol. The Morgan fingerprint density at radius 3 is 2.67 bits per heavy atom. The zero-order valence-corrected chi connectivity index (χ0v) is 16.3. The van der Waals surface area contributed by atoms with Gasteiger partial charge < -0.3 is 9.47 Å². The van der Waals surface area contributed by atoms with Crippen LogP contribution in [0.25, 0.3) is 5.65 Å². The van der Waals surface area contributed by atoms with E-state index in [0.29, 0.717) is 23.0 Å². The van der Waals surface area contributed by atoms with Crippen LogP contribution >= 0.6 is 23.2 Å². The number of aromatic nitrogens is 4. The number of pyridine rings is 1. The van der Waals surface area contributed by atoms with Crippen LogP contribution in [0.2, 0.25) is 10.0 Å². The van der Waals surface area contributed by atoms with Crippen LogP contribution in [0.15, 0.2) is 23.1 Å². The number of carbonyl (C=O) groups excluding carboxylic acids is 1. The minimum Gasteiger partial charge on any atom is -0.461 e. The van der Waals surface area contributed by atoms with Crippen molar-refractivity contribution in [1.82, 2.24) is 19.2 Å². The summed E-state index contributed by atoms with van der Waals surface area (Å²) in [6.07, 6.45) is 1.42. The van der Waals surface area contributed by atoms with Gasteiger partial charge in [-0.2, -0.15) is 10.1 Å². The topological polar surface area (TPSA) is 87.7 Å². The van der Waals surface area contributed by atoms with E-state index in [1.165, 1.54) is 27.4 Å². The second kappa shape index (κ2) is 7.58. The van der Waals surface area contributed by atoms with Gasteiger partial charge in [-0.05, 0) is 26.8 Å². The Bertz CT molecular complexity index is 1090. The Hall–Kier alpha value is -2.58. The molecule has 0 N–H and O–H groups in total. The number of hydrogen-bond acceptors (Lipinski definition) is 6. The van der Waals surface area contributed by atoms with Crippen molar-refractivity contribution in [3.63, 3.8) is 0 Å². The quantitative estimate of drug-likeness (QED) is 0.598. The highest BCUT2D eigenvalue weighted by Crippen LogP contribution is 2.28. The van der Waals surface area contributed by atoms with Crippen LogP contribution in [-0.2, 0) is 11.3 Å². The van der Waals surface area contributed by atoms with Gasteiger partial charge in [-0.3, -0.25) is 9.20 Å². The Morgan fingerprint density at radius 1 is 1.26 bits per heavy atom. The molecule has 3 aromatic rings. The van der Waals surface area contributed by atoms with Crippen LogP contribution in [0.1, 0.15) is 29.9 Å². The van der Waals surface area contributed by atoms with Gasteiger partial charge in [0.1, 0.15) is 0 Å². The summed E-state index contributed by atoms with van der Waals surface area (Å²) in [6.45, 7) is 5.91. The molecule has 3 heterocycles. The molecule has 142 valence electrons. The number of rotatable bonds is 5. The van der Waals surface area contributed by atoms with Crippen molar-refractivity contribution in [2.45, 2.75) is 27.3 Å². The lowest BCUT2D eigenvalue weighted by Crippen LogP contribution is -2.14. The summed E-state index contributed by atoms with van der Waals surface area (Å²) in [4.78, 5) is 28.7. The number of aryl methyl sites for hydroxylation is 1. The summed E-state index contributed by atoms with van der Waals surface area (Å²) in [7, 11) is 0. The predicted octanol–water partition coefficient (Wildman–Crippen LogP) is 3.50. The molecule has 0 saturated carbocycles. The normalized spacial score (nSPS) is 11.0. The van der Waals surface area contributed by atoms with Crippen molar-refractivity contribution in [3.8, 4) is 11.8 Å². The van der Waals surface area contributed by atoms with Crippen molar-refractivity contribution in [2.75, 3.05) is 6.61 Å². The van der Waals surface area contributed by atoms with Crippen LogP contribution in [-0.4, -0.2) is 31.7 Å². The molecule has 0 aliphatic rings. The van der Waals surface area contributed by atoms with Gasteiger partial charge >= 0.3 is 5.97 Å². The Morgan fingerprint density at radius 2 is 2.00 bits per heavy atom. The highest BCUT2D eigenvalue weighted by atomic mass is 35.5. The number of fused-ring (bicyclic) bond motifs is 1. The van der Waals surface area contributed by atoms with Gasteiger partial charge in [-0.25, -0.2) is 9.48 Å². The van der Waals surface area contributed by atoms with Crippen molar-refractivity contribution < 1.29 is 14.3 Å². The van der Waals surface area contributed by atoms with E-state index in [9.17, 15) is 9.59 Å². The molecule has 0 fully saturated rings. The largest absolute Gasteiger partial charge is 0.461 e. The third-order valence-electron chi connectivity index (χ3n) is 3.76. The molecule has 10 heteroatoms. The first-order valence-electron chi connectivity index (χ1n) is 8.16. The van der Waals surface area contributed by atoms with E-state index in [0.717, 1.165) is 0 Å². The molecule has 3 aromatic heterocycles. The number of halogens is 2. The molecular formula is C17H16Cl2N4O4. The Kier molecular flexibility index (Phi) is 5.38. The molecule has 0 aliphatic carbocycles. The maximum Gasteiger partial charge on any atom is 0.359 e. The van der Waals surface area contributed by atoms with Gasteiger partial charge in [-0.1, -0.05) is 23.2 Å². The van der Waals surface area contributed by atoms with E-state index in [2.05, 4.69) is 10.1 Å². The molecule has 0 unspecified atom stereocenters. The first-order valence-corrected chi connectivity index (χ1v) is 8.92. The summed E-state index contributed by atoms with van der Waals surface area (Å²) in [5, 5.41) is 4.74. The molecule has 3 rings (SSSR count). The van der Waals surface area contributed by atoms with Crippen molar-refractivity contribution in [1.29, 1.82) is 0 Å². The average molecular weight is 411 g/mol. The fourth-order valence-corrected chi connectivity index (χ4v) is 3.05. The molecule has 0 aromatic carbocycles. The Labute approximate surface area is 164 Å². The molecule has 0 spiro atoms. The molecule has 0 atom stereocenters. The number of hydrogen-bond donors (Lipinski definition) is 0. The average Bonchev–Trinajstić information content (AvgIpc) is 2.92. The maximum atomic E-state index is 12.4. The van der Waals surface area contributed by atoms with E-state index in [-0.39, 0.29) is 28.9 Å². The van der Waals surface area contributed by atoms with Crippen LogP contribution < -0.4 is 10.3 Å². The van der Waals surface area contributed by atoms with Gasteiger partial charge in [0.2, 0.25) is 11.8 Å². The lowest BCUT2D eigenvalue weighted by Gasteiger charge is -2.09. The Balaban J connectivity index is 2.07. The number of nitrogens with zero attached hydrogens (tertiary/aromatic N) is 4. The van der Waals surface area contributed by atoms with Crippen LogP contribution in [0, 0.1) is 6.92 Å². The first-order chi connectivity index (χ1) is 12.8. The SMILES string of the molecule is CCOC(=O)c1nn(CC)c(Oc2cc(=O)n3cc(Cl)cc(Cl)c3n2)c1C. The second-order valence-electron chi connectivity index (χ2n) is 5.55. The van der Waals surface area contributed by atoms with E-state index in [1.54, 1.807) is 13.8 Å². The summed E-state index contributed by atoms with van der Waals surface area (Å²) < 4.78 is 13.5. The monoisotopic (exact) mass is 410 g/mol. The highest BCUT2D eigenvalue weighted by Gasteiger charge is 2.23. The van der Waals surface area contributed by atoms with Gasteiger partial charge in [-0.15, -0.1) is 0 Å². The zero-order chi connectivity index (χ0) is 19.7. The van der Waals surface area contributed by atoms with Gasteiger partial charge in [0, 0.05) is 18.3 Å². The summed E-state index contributed by atoms with van der Waals surface area (Å²) in [5.74, 6) is -0.226. The number of carbonyl (C=O) groups is 1. The maximum absolute atomic E-state index is 12.4. The third-order valence-corrected chi connectivity index (χ3v) is 4.24. The van der Waals surface area contributed by atoms with Crippen molar-refractivity contribution >= 4 is 34.8 Å². The third kappa shape index (κ3) is 3.63. The molecule has 0 radical (unpaired) electrons.